The fourth-order valence-electron chi connectivity index (χ4n) is 4.31. The molecule has 0 radical (unpaired) electrons. The van der Waals surface area contributed by atoms with Crippen LogP contribution in [0.2, 0.25) is 13.3 Å². The molecule has 0 fully saturated rings. The third-order valence-electron chi connectivity index (χ3n) is 5.75. The first-order valence-electron chi connectivity index (χ1n) is 10.6. The van der Waals surface area contributed by atoms with Crippen LogP contribution in [0.25, 0.3) is 0 Å². The number of esters is 1. The summed E-state index contributed by atoms with van der Waals surface area (Å²) in [6.07, 6.45) is 8.41. The van der Waals surface area contributed by atoms with E-state index in [9.17, 15) is 4.79 Å². The van der Waals surface area contributed by atoms with E-state index in [1.54, 1.807) is 0 Å². The zero-order chi connectivity index (χ0) is 18.8. The van der Waals surface area contributed by atoms with Gasteiger partial charge in [0.2, 0.25) is 0 Å². The molecule has 0 bridgehead atoms. The van der Waals surface area contributed by atoms with Crippen LogP contribution in [-0.2, 0) is 16.0 Å². The van der Waals surface area contributed by atoms with Crippen molar-refractivity contribution in [3.05, 3.63) is 45.1 Å². The molecule has 1 aliphatic rings. The third kappa shape index (κ3) is 5.61. The fourth-order valence-corrected chi connectivity index (χ4v) is 21.5. The molecule has 0 aliphatic carbocycles. The van der Waals surface area contributed by atoms with E-state index in [2.05, 4.69) is 51.1 Å². The Morgan fingerprint density at radius 3 is 1.92 bits per heavy atom. The predicted molar refractivity (Wildman–Crippen MR) is 113 cm³/mol. The van der Waals surface area contributed by atoms with E-state index in [1.807, 2.05) is 0 Å². The van der Waals surface area contributed by atoms with Crippen LogP contribution in [0.5, 0.6) is 0 Å². The Kier molecular flexibility index (Phi) is 9.24. The normalized spacial score (nSPS) is 14.8. The number of ether oxygens (including phenoxy) is 1. The molecule has 1 aromatic rings. The second-order valence-electron chi connectivity index (χ2n) is 7.81. The topological polar surface area (TPSA) is 26.3 Å². The number of hydrogen-bond donors (Lipinski definition) is 0. The molecular formula is C23H36O2Sn. The van der Waals surface area contributed by atoms with Gasteiger partial charge in [-0.1, -0.05) is 0 Å². The molecule has 1 aliphatic heterocycles. The van der Waals surface area contributed by atoms with Crippen molar-refractivity contribution in [2.45, 2.75) is 79.0 Å². The number of cyclic esters (lactones) is 1. The van der Waals surface area contributed by atoms with Gasteiger partial charge in [-0.25, -0.2) is 0 Å². The fraction of sp³-hybridized carbons (Fsp3) is 0.609. The molecule has 0 saturated carbocycles. The average Bonchev–Trinajstić information content (AvgIpc) is 3.03. The van der Waals surface area contributed by atoms with E-state index < -0.39 is 18.4 Å². The molecule has 0 unspecified atom stereocenters. The van der Waals surface area contributed by atoms with Gasteiger partial charge in [0.05, 0.1) is 0 Å². The van der Waals surface area contributed by atoms with Gasteiger partial charge >= 0.3 is 165 Å². The van der Waals surface area contributed by atoms with E-state index in [4.69, 9.17) is 4.74 Å². The molecule has 1 aromatic carbocycles. The Balaban J connectivity index is 2.41. The standard InChI is InChI=1S/C11H9O2.3C4H9.Sn/c12-11-7-10(8-13-11)6-9-4-2-1-3-5-9;3*1-3-4-2;/h1-5H,6,8H2;3*1,3-4H2,2H3;. The molecule has 0 spiro atoms. The van der Waals surface area contributed by atoms with Gasteiger partial charge in [-0.3, -0.25) is 0 Å². The maximum absolute atomic E-state index is 12.9. The Morgan fingerprint density at radius 2 is 1.42 bits per heavy atom. The molecule has 144 valence electrons. The van der Waals surface area contributed by atoms with Crippen molar-refractivity contribution in [3.8, 4) is 0 Å². The van der Waals surface area contributed by atoms with Gasteiger partial charge in [-0.2, -0.15) is 0 Å². The van der Waals surface area contributed by atoms with Crippen LogP contribution >= 0.6 is 0 Å². The van der Waals surface area contributed by atoms with Gasteiger partial charge in [0, 0.05) is 0 Å². The van der Waals surface area contributed by atoms with E-state index >= 15 is 0 Å². The summed E-state index contributed by atoms with van der Waals surface area (Å²) in [6, 6.07) is 10.6. The van der Waals surface area contributed by atoms with E-state index in [0.717, 1.165) is 6.42 Å². The molecule has 26 heavy (non-hydrogen) atoms. The minimum atomic E-state index is -2.73. The van der Waals surface area contributed by atoms with Crippen molar-refractivity contribution >= 4 is 24.3 Å². The first-order chi connectivity index (χ1) is 12.7. The second kappa shape index (κ2) is 11.2. The summed E-state index contributed by atoms with van der Waals surface area (Å²) in [6.45, 7) is 7.37. The van der Waals surface area contributed by atoms with Crippen molar-refractivity contribution in [3.63, 3.8) is 0 Å². The zero-order valence-corrected chi connectivity index (χ0v) is 19.8. The van der Waals surface area contributed by atoms with Crippen LogP contribution in [0, 0.1) is 0 Å². The molecule has 3 heteroatoms. The van der Waals surface area contributed by atoms with Crippen molar-refractivity contribution in [1.29, 1.82) is 0 Å². The molecule has 2 nitrogen and oxygen atoms in total. The van der Waals surface area contributed by atoms with Crippen LogP contribution < -0.4 is 0 Å². The van der Waals surface area contributed by atoms with Crippen molar-refractivity contribution in [1.82, 2.24) is 0 Å². The maximum atomic E-state index is 12.9. The Hall–Kier alpha value is -0.771. The van der Waals surface area contributed by atoms with Crippen LogP contribution in [-0.4, -0.2) is 31.0 Å². The van der Waals surface area contributed by atoms with Gasteiger partial charge in [0.15, 0.2) is 0 Å². The van der Waals surface area contributed by atoms with E-state index in [-0.39, 0.29) is 5.97 Å². The molecule has 0 amide bonds. The molecule has 1 heterocycles. The van der Waals surface area contributed by atoms with Gasteiger partial charge in [-0.15, -0.1) is 0 Å². The van der Waals surface area contributed by atoms with Gasteiger partial charge in [-0.05, 0) is 0 Å². The van der Waals surface area contributed by atoms with Gasteiger partial charge < -0.3 is 0 Å². The third-order valence-corrected chi connectivity index (χ3v) is 21.6. The molecule has 2 rings (SSSR count). The Bertz CT molecular complexity index is 570. The number of unbranched alkanes of at least 4 members (excludes halogenated alkanes) is 3. The van der Waals surface area contributed by atoms with Gasteiger partial charge in [0.25, 0.3) is 0 Å². The predicted octanol–water partition coefficient (Wildman–Crippen LogP) is 6.47. The van der Waals surface area contributed by atoms with Crippen LogP contribution in [0.1, 0.15) is 64.9 Å². The van der Waals surface area contributed by atoms with E-state index in [0.29, 0.717) is 6.61 Å². The van der Waals surface area contributed by atoms with Crippen molar-refractivity contribution in [2.24, 2.45) is 0 Å². The zero-order valence-electron chi connectivity index (χ0n) is 17.0. The molecule has 0 atom stereocenters. The van der Waals surface area contributed by atoms with Crippen LogP contribution in [0.4, 0.5) is 0 Å². The first-order valence-corrected chi connectivity index (χ1v) is 18.1. The number of rotatable bonds is 12. The monoisotopic (exact) mass is 464 g/mol. The molecule has 0 aromatic heterocycles. The van der Waals surface area contributed by atoms with Crippen molar-refractivity contribution in [2.75, 3.05) is 6.61 Å². The van der Waals surface area contributed by atoms with Gasteiger partial charge in [0.1, 0.15) is 0 Å². The van der Waals surface area contributed by atoms with Crippen molar-refractivity contribution < 1.29 is 9.53 Å². The summed E-state index contributed by atoms with van der Waals surface area (Å²) in [5.41, 5.74) is 2.63. The molecular weight excluding hydrogens is 427 g/mol. The van der Waals surface area contributed by atoms with Crippen LogP contribution in [0.3, 0.4) is 0 Å². The number of carbonyl (C=O) groups is 1. The summed E-state index contributed by atoms with van der Waals surface area (Å²) < 4.78 is 10.9. The quantitative estimate of drug-likeness (QED) is 0.262. The summed E-state index contributed by atoms with van der Waals surface area (Å²) in [5, 5.41) is 0. The molecule has 0 N–H and O–H groups in total. The Morgan fingerprint density at radius 1 is 0.885 bits per heavy atom. The average molecular weight is 463 g/mol. The summed E-state index contributed by atoms with van der Waals surface area (Å²) in [4.78, 5) is 12.9. The number of hydrogen-bond acceptors (Lipinski definition) is 2. The van der Waals surface area contributed by atoms with Crippen LogP contribution in [0.15, 0.2) is 39.5 Å². The number of benzene rings is 1. The molecule has 0 saturated heterocycles. The second-order valence-corrected chi connectivity index (χ2v) is 20.8. The Labute approximate surface area is 164 Å². The first kappa shape index (κ1) is 21.5. The SMILES string of the molecule is CCC[CH2][Sn]([CH2]CCC)([CH2]CCC)[C]1=C(Cc2ccccc2)COC1=O. The summed E-state index contributed by atoms with van der Waals surface area (Å²) in [5.74, 6) is 0.0510. The summed E-state index contributed by atoms with van der Waals surface area (Å²) >= 11 is -2.73. The number of carbonyl (C=O) groups excluding carboxylic acids is 1. The minimum absolute atomic E-state index is 0.0510. The van der Waals surface area contributed by atoms with E-state index in [1.165, 1.54) is 66.6 Å². The summed E-state index contributed by atoms with van der Waals surface area (Å²) in [7, 11) is 0.